The molecule has 0 spiro atoms. The molecule has 1 amide bonds. The summed E-state index contributed by atoms with van der Waals surface area (Å²) < 4.78 is 44.6. The van der Waals surface area contributed by atoms with Crippen LogP contribution in [0.4, 0.5) is 13.2 Å². The molecule has 0 saturated heterocycles. The molecule has 0 unspecified atom stereocenters. The lowest BCUT2D eigenvalue weighted by atomic mass is 10.1. The van der Waals surface area contributed by atoms with Gasteiger partial charge in [-0.1, -0.05) is 23.4 Å². The molecule has 0 aliphatic heterocycles. The smallest absolute Gasteiger partial charge is 0.417 e. The van der Waals surface area contributed by atoms with Gasteiger partial charge in [-0.25, -0.2) is 4.98 Å². The summed E-state index contributed by atoms with van der Waals surface area (Å²) in [4.78, 5) is 15.9. The van der Waals surface area contributed by atoms with E-state index in [1.165, 1.54) is 13.0 Å². The van der Waals surface area contributed by atoms with Crippen LogP contribution in [0.25, 0.3) is 0 Å². The average Bonchev–Trinajstić information content (AvgIpc) is 2.63. The Morgan fingerprint density at radius 2 is 2.04 bits per heavy atom. The fraction of sp³-hybridized carbons (Fsp3) is 0.278. The molecule has 0 atom stereocenters. The zero-order valence-electron chi connectivity index (χ0n) is 14.6. The number of rotatable bonds is 7. The Morgan fingerprint density at radius 1 is 1.36 bits per heavy atom. The Bertz CT molecular complexity index is 883. The molecule has 10 heteroatoms. The Morgan fingerprint density at radius 3 is 2.64 bits per heavy atom. The van der Waals surface area contributed by atoms with E-state index in [1.807, 2.05) is 0 Å². The summed E-state index contributed by atoms with van der Waals surface area (Å²) in [5.74, 6) is 0.00408. The van der Waals surface area contributed by atoms with Gasteiger partial charge in [-0.3, -0.25) is 4.79 Å². The zero-order valence-corrected chi connectivity index (χ0v) is 16.2. The standard InChI is InChI=1S/C18H15ClF3N3O2S/c1-11-8-15(18(20,21)22)14(9-23)17(25-11)28-10-16(26)24-6-7-27-13-4-2-12(19)3-5-13/h2-5,8H,6-7,10H2,1H3,(H,24,26). The van der Waals surface area contributed by atoms with Crippen LogP contribution < -0.4 is 10.1 Å². The minimum atomic E-state index is -4.67. The SMILES string of the molecule is Cc1cc(C(F)(F)F)c(C#N)c(SCC(=O)NCCOc2ccc(Cl)cc2)n1. The summed E-state index contributed by atoms with van der Waals surface area (Å²) in [7, 11) is 0. The quantitative estimate of drug-likeness (QED) is 0.527. The summed E-state index contributed by atoms with van der Waals surface area (Å²) in [5.41, 5.74) is -1.52. The van der Waals surface area contributed by atoms with Crippen molar-refractivity contribution in [2.75, 3.05) is 18.9 Å². The average molecular weight is 430 g/mol. The molecule has 1 aromatic heterocycles. The summed E-state index contributed by atoms with van der Waals surface area (Å²) in [6.07, 6.45) is -4.67. The predicted octanol–water partition coefficient (Wildman–Crippen LogP) is 4.22. The van der Waals surface area contributed by atoms with Crippen LogP contribution in [0.15, 0.2) is 35.4 Å². The van der Waals surface area contributed by atoms with Gasteiger partial charge in [-0.2, -0.15) is 18.4 Å². The lowest BCUT2D eigenvalue weighted by molar-refractivity contribution is -0.138. The van der Waals surface area contributed by atoms with Gasteiger partial charge in [0.15, 0.2) is 0 Å². The maximum atomic E-state index is 13.1. The fourth-order valence-corrected chi connectivity index (χ4v) is 3.16. The highest BCUT2D eigenvalue weighted by Crippen LogP contribution is 2.35. The van der Waals surface area contributed by atoms with Crippen molar-refractivity contribution in [3.63, 3.8) is 0 Å². The lowest BCUT2D eigenvalue weighted by Crippen LogP contribution is -2.29. The summed E-state index contributed by atoms with van der Waals surface area (Å²) in [6.45, 7) is 1.82. The van der Waals surface area contributed by atoms with Crippen LogP contribution in [0, 0.1) is 18.3 Å². The first-order valence-corrected chi connectivity index (χ1v) is 9.34. The third-order valence-corrected chi connectivity index (χ3v) is 4.61. The number of pyridine rings is 1. The van der Waals surface area contributed by atoms with E-state index in [1.54, 1.807) is 24.3 Å². The monoisotopic (exact) mass is 429 g/mol. The van der Waals surface area contributed by atoms with Crippen molar-refractivity contribution in [2.45, 2.75) is 18.1 Å². The van der Waals surface area contributed by atoms with E-state index in [-0.39, 0.29) is 29.6 Å². The molecule has 28 heavy (non-hydrogen) atoms. The van der Waals surface area contributed by atoms with Gasteiger partial charge in [0, 0.05) is 10.7 Å². The topological polar surface area (TPSA) is 75.0 Å². The molecule has 0 saturated carbocycles. The van der Waals surface area contributed by atoms with Crippen molar-refractivity contribution in [1.29, 1.82) is 5.26 Å². The highest BCUT2D eigenvalue weighted by atomic mass is 35.5. The molecule has 2 aromatic rings. The lowest BCUT2D eigenvalue weighted by Gasteiger charge is -2.13. The van der Waals surface area contributed by atoms with Crippen LogP contribution in [0.2, 0.25) is 5.02 Å². The van der Waals surface area contributed by atoms with Gasteiger partial charge in [0.2, 0.25) is 5.91 Å². The van der Waals surface area contributed by atoms with Gasteiger partial charge in [-0.05, 0) is 37.3 Å². The van der Waals surface area contributed by atoms with E-state index in [0.29, 0.717) is 10.8 Å². The molecular formula is C18H15ClF3N3O2S. The number of thioether (sulfide) groups is 1. The van der Waals surface area contributed by atoms with Crippen molar-refractivity contribution in [3.8, 4) is 11.8 Å². The second-order valence-electron chi connectivity index (χ2n) is 5.54. The summed E-state index contributed by atoms with van der Waals surface area (Å²) >= 11 is 6.54. The van der Waals surface area contributed by atoms with E-state index in [0.717, 1.165) is 17.8 Å². The molecule has 2 rings (SSSR count). The molecule has 1 heterocycles. The number of ether oxygens (including phenoxy) is 1. The van der Waals surface area contributed by atoms with Crippen molar-refractivity contribution in [2.24, 2.45) is 0 Å². The van der Waals surface area contributed by atoms with Gasteiger partial charge in [0.05, 0.1) is 23.4 Å². The van der Waals surface area contributed by atoms with Gasteiger partial charge < -0.3 is 10.1 Å². The number of carbonyl (C=O) groups is 1. The molecule has 0 bridgehead atoms. The molecule has 5 nitrogen and oxygen atoms in total. The fourth-order valence-electron chi connectivity index (χ4n) is 2.16. The second kappa shape index (κ2) is 9.66. The third kappa shape index (κ3) is 6.32. The van der Waals surface area contributed by atoms with Gasteiger partial charge in [-0.15, -0.1) is 0 Å². The van der Waals surface area contributed by atoms with Crippen LogP contribution in [-0.2, 0) is 11.0 Å². The molecule has 1 aromatic carbocycles. The Kier molecular flexibility index (Phi) is 7.54. The summed E-state index contributed by atoms with van der Waals surface area (Å²) in [6, 6.07) is 9.06. The highest BCUT2D eigenvalue weighted by Gasteiger charge is 2.35. The second-order valence-corrected chi connectivity index (χ2v) is 6.94. The number of halogens is 4. The number of benzene rings is 1. The highest BCUT2D eigenvalue weighted by molar-refractivity contribution is 8.00. The number of alkyl halides is 3. The number of nitrogens with one attached hydrogen (secondary N) is 1. The van der Waals surface area contributed by atoms with Gasteiger partial charge >= 0.3 is 6.18 Å². The van der Waals surface area contributed by atoms with Crippen LogP contribution in [0.1, 0.15) is 16.8 Å². The number of nitriles is 1. The number of carbonyl (C=O) groups excluding carboxylic acids is 1. The molecule has 1 N–H and O–H groups in total. The van der Waals surface area contributed by atoms with Gasteiger partial charge in [0.25, 0.3) is 0 Å². The molecule has 0 aliphatic rings. The van der Waals surface area contributed by atoms with Crippen LogP contribution in [-0.4, -0.2) is 29.8 Å². The van der Waals surface area contributed by atoms with Crippen molar-refractivity contribution >= 4 is 29.3 Å². The van der Waals surface area contributed by atoms with E-state index >= 15 is 0 Å². The Hall–Kier alpha value is -2.44. The molecule has 0 radical (unpaired) electrons. The maximum absolute atomic E-state index is 13.1. The van der Waals surface area contributed by atoms with Crippen LogP contribution in [0.3, 0.4) is 0 Å². The molecule has 0 aliphatic carbocycles. The van der Waals surface area contributed by atoms with E-state index < -0.39 is 23.2 Å². The predicted molar refractivity (Wildman–Crippen MR) is 99.4 cm³/mol. The number of aryl methyl sites for hydroxylation is 1. The first-order valence-electron chi connectivity index (χ1n) is 7.97. The van der Waals surface area contributed by atoms with E-state index in [4.69, 9.17) is 21.6 Å². The number of aromatic nitrogens is 1. The van der Waals surface area contributed by atoms with Crippen molar-refractivity contribution < 1.29 is 22.7 Å². The minimum absolute atomic E-state index is 0.116. The molecule has 0 fully saturated rings. The third-order valence-electron chi connectivity index (χ3n) is 3.38. The normalized spacial score (nSPS) is 11.0. The Labute approximate surface area is 168 Å². The number of amides is 1. The van der Waals surface area contributed by atoms with E-state index in [9.17, 15) is 18.0 Å². The molecular weight excluding hydrogens is 415 g/mol. The first-order chi connectivity index (χ1) is 13.2. The molecule has 148 valence electrons. The maximum Gasteiger partial charge on any atom is 0.417 e. The number of hydrogen-bond donors (Lipinski definition) is 1. The Balaban J connectivity index is 1.88. The van der Waals surface area contributed by atoms with Crippen LogP contribution >= 0.6 is 23.4 Å². The van der Waals surface area contributed by atoms with Gasteiger partial charge in [0.1, 0.15) is 23.5 Å². The first kappa shape index (κ1) is 21.9. The van der Waals surface area contributed by atoms with Crippen molar-refractivity contribution in [3.05, 3.63) is 52.2 Å². The number of hydrogen-bond acceptors (Lipinski definition) is 5. The largest absolute Gasteiger partial charge is 0.492 e. The summed E-state index contributed by atoms with van der Waals surface area (Å²) in [5, 5.41) is 12.1. The van der Waals surface area contributed by atoms with Crippen LogP contribution in [0.5, 0.6) is 5.75 Å². The zero-order chi connectivity index (χ0) is 20.7. The number of nitrogens with zero attached hydrogens (tertiary/aromatic N) is 2. The van der Waals surface area contributed by atoms with E-state index in [2.05, 4.69) is 10.3 Å². The minimum Gasteiger partial charge on any atom is -0.492 e. The van der Waals surface area contributed by atoms with Crippen molar-refractivity contribution in [1.82, 2.24) is 10.3 Å².